The minimum absolute atomic E-state index is 0. The molecular weight excluding hydrogens is 212 g/mol. The van der Waals surface area contributed by atoms with Gasteiger partial charge in [-0.1, -0.05) is 0 Å². The Hall–Kier alpha value is -1.32. The quantitative estimate of drug-likeness (QED) is 0.721. The van der Waals surface area contributed by atoms with E-state index in [0.29, 0.717) is 0 Å². The summed E-state index contributed by atoms with van der Waals surface area (Å²) in [5.74, 6) is 0.957. The van der Waals surface area contributed by atoms with Crippen LogP contribution in [0.3, 0.4) is 0 Å². The molecule has 80 valence electrons. The van der Waals surface area contributed by atoms with Crippen LogP contribution in [0.5, 0.6) is 0 Å². The van der Waals surface area contributed by atoms with Crippen molar-refractivity contribution in [2.75, 3.05) is 0 Å². The summed E-state index contributed by atoms with van der Waals surface area (Å²) in [5.41, 5.74) is 1.23. The molecule has 2 aromatic rings. The highest BCUT2D eigenvalue weighted by molar-refractivity contribution is 5.09. The molecule has 15 heavy (non-hydrogen) atoms. The van der Waals surface area contributed by atoms with Crippen molar-refractivity contribution in [3.05, 3.63) is 54.2 Å². The first-order valence-electron chi connectivity index (χ1n) is 4.57. The summed E-state index contributed by atoms with van der Waals surface area (Å²) in [5, 5.41) is 3.28. The van der Waals surface area contributed by atoms with Crippen LogP contribution < -0.4 is 17.7 Å². The minimum Gasteiger partial charge on any atom is -1.00 e. The van der Waals surface area contributed by atoms with E-state index in [1.54, 1.807) is 18.7 Å². The van der Waals surface area contributed by atoms with Gasteiger partial charge in [-0.15, -0.1) is 0 Å². The van der Waals surface area contributed by atoms with E-state index >= 15 is 0 Å². The van der Waals surface area contributed by atoms with Gasteiger partial charge in [0, 0.05) is 18.9 Å². The lowest BCUT2D eigenvalue weighted by Crippen LogP contribution is -3.00. The second-order valence-electron chi connectivity index (χ2n) is 3.04. The monoisotopic (exact) mass is 223 g/mol. The fourth-order valence-electron chi connectivity index (χ4n) is 1.24. The predicted molar refractivity (Wildman–Crippen MR) is 53.5 cm³/mol. The number of rotatable bonds is 4. The van der Waals surface area contributed by atoms with Crippen molar-refractivity contribution in [1.82, 2.24) is 10.3 Å². The number of pyridine rings is 1. The van der Waals surface area contributed by atoms with Gasteiger partial charge in [-0.25, -0.2) is 0 Å². The van der Waals surface area contributed by atoms with Crippen molar-refractivity contribution in [2.45, 2.75) is 13.1 Å². The van der Waals surface area contributed by atoms with E-state index in [1.165, 1.54) is 5.56 Å². The molecule has 4 heteroatoms. The van der Waals surface area contributed by atoms with Crippen LogP contribution in [0, 0.1) is 0 Å². The molecule has 0 aromatic carbocycles. The van der Waals surface area contributed by atoms with Crippen LogP contribution in [0.25, 0.3) is 0 Å². The Morgan fingerprint density at radius 2 is 1.93 bits per heavy atom. The van der Waals surface area contributed by atoms with Crippen LogP contribution in [0.1, 0.15) is 11.3 Å². The molecule has 0 aliphatic heterocycles. The first-order valence-corrected chi connectivity index (χ1v) is 4.57. The molecule has 0 radical (unpaired) electrons. The molecule has 0 spiro atoms. The Labute approximate surface area is 94.9 Å². The third-order valence-electron chi connectivity index (χ3n) is 1.96. The van der Waals surface area contributed by atoms with Gasteiger partial charge in [0.15, 0.2) is 0 Å². The van der Waals surface area contributed by atoms with Crippen LogP contribution in [-0.2, 0) is 13.1 Å². The highest BCUT2D eigenvalue weighted by atomic mass is 35.5. The van der Waals surface area contributed by atoms with Gasteiger partial charge in [-0.05, 0) is 29.8 Å². The highest BCUT2D eigenvalue weighted by Crippen LogP contribution is 2.00. The maximum Gasteiger partial charge on any atom is 0.117 e. The molecule has 2 rings (SSSR count). The van der Waals surface area contributed by atoms with Gasteiger partial charge < -0.3 is 22.1 Å². The van der Waals surface area contributed by atoms with Crippen molar-refractivity contribution in [1.29, 1.82) is 0 Å². The molecule has 3 nitrogen and oxygen atoms in total. The van der Waals surface area contributed by atoms with Gasteiger partial charge in [0.05, 0.1) is 12.8 Å². The summed E-state index contributed by atoms with van der Waals surface area (Å²) in [4.78, 5) is 3.96. The van der Waals surface area contributed by atoms with E-state index in [0.717, 1.165) is 18.8 Å². The summed E-state index contributed by atoms with van der Waals surface area (Å²) < 4.78 is 5.20. The molecule has 0 bridgehead atoms. The lowest BCUT2D eigenvalue weighted by molar-refractivity contribution is -0.00000345. The fraction of sp³-hybridized carbons (Fsp3) is 0.182. The number of hydrogen-bond donors (Lipinski definition) is 1. The first kappa shape index (κ1) is 11.8. The second kappa shape index (κ2) is 6.22. The molecule has 0 atom stereocenters. The molecule has 2 heterocycles. The third-order valence-corrected chi connectivity index (χ3v) is 1.96. The summed E-state index contributed by atoms with van der Waals surface area (Å²) in [6, 6.07) is 7.84. The van der Waals surface area contributed by atoms with Gasteiger partial charge >= 0.3 is 0 Å². The molecule has 0 saturated heterocycles. The predicted octanol–water partition coefficient (Wildman–Crippen LogP) is -1.03. The van der Waals surface area contributed by atoms with Crippen LogP contribution in [0.4, 0.5) is 0 Å². The minimum atomic E-state index is 0. The molecule has 0 saturated carbocycles. The summed E-state index contributed by atoms with van der Waals surface area (Å²) in [7, 11) is 0. The topological polar surface area (TPSA) is 38.1 Å². The van der Waals surface area contributed by atoms with Gasteiger partial charge in [0.25, 0.3) is 0 Å². The van der Waals surface area contributed by atoms with Crippen molar-refractivity contribution in [2.24, 2.45) is 0 Å². The Balaban J connectivity index is 0.00000112. The molecule has 1 N–H and O–H groups in total. The Bertz CT molecular complexity index is 361. The summed E-state index contributed by atoms with van der Waals surface area (Å²) in [6.07, 6.45) is 5.28. The van der Waals surface area contributed by atoms with Gasteiger partial charge in [0.2, 0.25) is 0 Å². The number of nitrogens with one attached hydrogen (secondary N) is 1. The SMILES string of the molecule is [Cl-].c1coc(CNCc2ccncc2)c1. The molecule has 0 aliphatic carbocycles. The second-order valence-corrected chi connectivity index (χ2v) is 3.04. The zero-order chi connectivity index (χ0) is 9.64. The lowest BCUT2D eigenvalue weighted by Gasteiger charge is -2.01. The fourth-order valence-corrected chi connectivity index (χ4v) is 1.24. The number of furan rings is 1. The standard InChI is InChI=1S/C11H12N2O.ClH/c1-2-11(14-7-1)9-13-8-10-3-5-12-6-4-10;/h1-7,13H,8-9H2;1H/p-1. The Morgan fingerprint density at radius 1 is 1.13 bits per heavy atom. The van der Waals surface area contributed by atoms with Crippen LogP contribution in [0.15, 0.2) is 47.3 Å². The average molecular weight is 224 g/mol. The van der Waals surface area contributed by atoms with Gasteiger partial charge in [0.1, 0.15) is 5.76 Å². The molecular formula is C11H12ClN2O-. The maximum absolute atomic E-state index is 5.20. The number of nitrogens with zero attached hydrogens (tertiary/aromatic N) is 1. The van der Waals surface area contributed by atoms with Crippen LogP contribution in [0.2, 0.25) is 0 Å². The molecule has 0 unspecified atom stereocenters. The third kappa shape index (κ3) is 3.73. The van der Waals surface area contributed by atoms with Crippen molar-refractivity contribution in [3.63, 3.8) is 0 Å². The largest absolute Gasteiger partial charge is 1.00 e. The lowest BCUT2D eigenvalue weighted by atomic mass is 10.3. The van der Waals surface area contributed by atoms with Crippen LogP contribution >= 0.6 is 0 Å². The number of hydrogen-bond acceptors (Lipinski definition) is 3. The number of aromatic nitrogens is 1. The van der Waals surface area contributed by atoms with Crippen molar-refractivity contribution < 1.29 is 16.8 Å². The van der Waals surface area contributed by atoms with Gasteiger partial charge in [-0.2, -0.15) is 0 Å². The molecule has 0 aliphatic rings. The Morgan fingerprint density at radius 3 is 2.60 bits per heavy atom. The summed E-state index contributed by atoms with van der Waals surface area (Å²) >= 11 is 0. The van der Waals surface area contributed by atoms with Crippen LogP contribution in [-0.4, -0.2) is 4.98 Å². The van der Waals surface area contributed by atoms with E-state index < -0.39 is 0 Å². The first-order chi connectivity index (χ1) is 6.95. The molecule has 2 aromatic heterocycles. The normalized spacial score (nSPS) is 9.60. The molecule has 0 amide bonds. The highest BCUT2D eigenvalue weighted by Gasteiger charge is 1.94. The van der Waals surface area contributed by atoms with E-state index in [9.17, 15) is 0 Å². The maximum atomic E-state index is 5.20. The van der Waals surface area contributed by atoms with Crippen molar-refractivity contribution in [3.8, 4) is 0 Å². The van der Waals surface area contributed by atoms with Crippen molar-refractivity contribution >= 4 is 0 Å². The number of halogens is 1. The average Bonchev–Trinajstić information content (AvgIpc) is 2.72. The van der Waals surface area contributed by atoms with E-state index in [1.807, 2.05) is 24.3 Å². The van der Waals surface area contributed by atoms with E-state index in [2.05, 4.69) is 10.3 Å². The Kier molecular flexibility index (Phi) is 4.87. The zero-order valence-corrected chi connectivity index (χ0v) is 8.95. The van der Waals surface area contributed by atoms with Gasteiger partial charge in [-0.3, -0.25) is 4.98 Å². The van der Waals surface area contributed by atoms with E-state index in [-0.39, 0.29) is 12.4 Å². The molecule has 0 fully saturated rings. The smallest absolute Gasteiger partial charge is 0.117 e. The zero-order valence-electron chi connectivity index (χ0n) is 8.19. The van der Waals surface area contributed by atoms with E-state index in [4.69, 9.17) is 4.42 Å². The summed E-state index contributed by atoms with van der Waals surface area (Å²) in [6.45, 7) is 1.60.